The zero-order valence-electron chi connectivity index (χ0n) is 9.56. The number of nitrogens with two attached hydrogens (primary N) is 1. The van der Waals surface area contributed by atoms with Crippen molar-refractivity contribution in [3.63, 3.8) is 0 Å². The Kier molecular flexibility index (Phi) is 4.15. The maximum Gasteiger partial charge on any atom is -0.00772 e. The third kappa shape index (κ3) is 2.58. The van der Waals surface area contributed by atoms with E-state index in [1.807, 2.05) is 0 Å². The van der Waals surface area contributed by atoms with Crippen LogP contribution in [0.5, 0.6) is 0 Å². The first kappa shape index (κ1) is 11.3. The number of unbranched alkanes of at least 4 members (excludes halogenated alkanes) is 1. The van der Waals surface area contributed by atoms with Crippen LogP contribution in [0.4, 0.5) is 0 Å². The molecule has 0 aromatic heterocycles. The van der Waals surface area contributed by atoms with Crippen LogP contribution in [0, 0.1) is 20.8 Å². The summed E-state index contributed by atoms with van der Waals surface area (Å²) in [6.07, 6.45) is 3.51. The normalized spacial score (nSPS) is 10.6. The van der Waals surface area contributed by atoms with Gasteiger partial charge in [-0.1, -0.05) is 12.1 Å². The SMILES string of the molecule is Cc1ccc(CCCCN)c(C)c1C. The molecular weight excluding hydrogens is 170 g/mol. The first-order valence-electron chi connectivity index (χ1n) is 5.42. The molecule has 0 fully saturated rings. The molecule has 0 aliphatic carbocycles. The summed E-state index contributed by atoms with van der Waals surface area (Å²) in [6.45, 7) is 7.41. The van der Waals surface area contributed by atoms with Crippen LogP contribution in [0.25, 0.3) is 0 Å². The summed E-state index contributed by atoms with van der Waals surface area (Å²) >= 11 is 0. The maximum absolute atomic E-state index is 5.48. The van der Waals surface area contributed by atoms with Gasteiger partial charge in [-0.25, -0.2) is 0 Å². The number of benzene rings is 1. The molecule has 1 rings (SSSR count). The summed E-state index contributed by atoms with van der Waals surface area (Å²) in [5.74, 6) is 0. The van der Waals surface area contributed by atoms with Crippen LogP contribution in [0.15, 0.2) is 12.1 Å². The van der Waals surface area contributed by atoms with E-state index in [1.54, 1.807) is 0 Å². The fourth-order valence-corrected chi connectivity index (χ4v) is 1.74. The molecule has 2 N–H and O–H groups in total. The van der Waals surface area contributed by atoms with Gasteiger partial charge in [0.2, 0.25) is 0 Å². The second kappa shape index (κ2) is 5.16. The smallest absolute Gasteiger partial charge is 0.00772 e. The van der Waals surface area contributed by atoms with Gasteiger partial charge >= 0.3 is 0 Å². The lowest BCUT2D eigenvalue weighted by Crippen LogP contribution is -2.00. The van der Waals surface area contributed by atoms with Crippen molar-refractivity contribution >= 4 is 0 Å². The van der Waals surface area contributed by atoms with Gasteiger partial charge in [0.1, 0.15) is 0 Å². The van der Waals surface area contributed by atoms with Gasteiger partial charge in [-0.3, -0.25) is 0 Å². The highest BCUT2D eigenvalue weighted by atomic mass is 14.5. The van der Waals surface area contributed by atoms with Crippen molar-refractivity contribution in [1.29, 1.82) is 0 Å². The Hall–Kier alpha value is -0.820. The Morgan fingerprint density at radius 3 is 2.36 bits per heavy atom. The van der Waals surface area contributed by atoms with E-state index in [2.05, 4.69) is 32.9 Å². The van der Waals surface area contributed by atoms with Gasteiger partial charge in [0.05, 0.1) is 0 Å². The summed E-state index contributed by atoms with van der Waals surface area (Å²) in [7, 11) is 0. The first-order chi connectivity index (χ1) is 6.66. The van der Waals surface area contributed by atoms with Crippen LogP contribution < -0.4 is 5.73 Å². The lowest BCUT2D eigenvalue weighted by Gasteiger charge is -2.10. The molecule has 0 aliphatic rings. The van der Waals surface area contributed by atoms with Gasteiger partial charge in [-0.05, 0) is 68.8 Å². The summed E-state index contributed by atoms with van der Waals surface area (Å²) in [5, 5.41) is 0. The molecule has 0 radical (unpaired) electrons. The number of rotatable bonds is 4. The van der Waals surface area contributed by atoms with Crippen molar-refractivity contribution in [3.8, 4) is 0 Å². The molecule has 0 amide bonds. The Morgan fingerprint density at radius 1 is 1.00 bits per heavy atom. The highest BCUT2D eigenvalue weighted by Crippen LogP contribution is 2.18. The monoisotopic (exact) mass is 191 g/mol. The molecule has 78 valence electrons. The Morgan fingerprint density at radius 2 is 1.71 bits per heavy atom. The van der Waals surface area contributed by atoms with E-state index in [9.17, 15) is 0 Å². The van der Waals surface area contributed by atoms with Gasteiger partial charge in [0.25, 0.3) is 0 Å². The van der Waals surface area contributed by atoms with Crippen molar-refractivity contribution in [2.24, 2.45) is 5.73 Å². The van der Waals surface area contributed by atoms with E-state index in [4.69, 9.17) is 5.73 Å². The minimum absolute atomic E-state index is 0.809. The third-order valence-corrected chi connectivity index (χ3v) is 3.07. The molecular formula is C13H21N. The molecule has 0 spiro atoms. The largest absolute Gasteiger partial charge is 0.330 e. The van der Waals surface area contributed by atoms with Crippen LogP contribution in [0.1, 0.15) is 35.1 Å². The van der Waals surface area contributed by atoms with E-state index in [0.717, 1.165) is 13.0 Å². The van der Waals surface area contributed by atoms with E-state index in [0.29, 0.717) is 0 Å². The van der Waals surface area contributed by atoms with Crippen molar-refractivity contribution in [2.75, 3.05) is 6.54 Å². The molecule has 14 heavy (non-hydrogen) atoms. The Labute approximate surface area is 87.3 Å². The fraction of sp³-hybridized carbons (Fsp3) is 0.538. The molecule has 1 heteroatoms. The van der Waals surface area contributed by atoms with Gasteiger partial charge in [0.15, 0.2) is 0 Å². The average Bonchev–Trinajstić information content (AvgIpc) is 2.18. The van der Waals surface area contributed by atoms with Crippen LogP contribution in [-0.4, -0.2) is 6.54 Å². The fourth-order valence-electron chi connectivity index (χ4n) is 1.74. The molecule has 0 heterocycles. The van der Waals surface area contributed by atoms with E-state index in [-0.39, 0.29) is 0 Å². The predicted octanol–water partition coefficient (Wildman–Crippen LogP) is 2.89. The standard InChI is InChI=1S/C13H21N/c1-10-7-8-13(6-4-5-9-14)12(3)11(10)2/h7-8H,4-6,9,14H2,1-3H3. The predicted molar refractivity (Wildman–Crippen MR) is 62.6 cm³/mol. The summed E-state index contributed by atoms with van der Waals surface area (Å²) in [4.78, 5) is 0. The molecule has 0 aliphatic heterocycles. The van der Waals surface area contributed by atoms with Crippen molar-refractivity contribution < 1.29 is 0 Å². The highest BCUT2D eigenvalue weighted by molar-refractivity contribution is 5.38. The van der Waals surface area contributed by atoms with Gasteiger partial charge in [0, 0.05) is 0 Å². The highest BCUT2D eigenvalue weighted by Gasteiger charge is 2.02. The Bertz CT molecular complexity index is 302. The van der Waals surface area contributed by atoms with E-state index >= 15 is 0 Å². The van der Waals surface area contributed by atoms with E-state index in [1.165, 1.54) is 35.1 Å². The van der Waals surface area contributed by atoms with Gasteiger partial charge < -0.3 is 5.73 Å². The molecule has 1 aromatic carbocycles. The number of hydrogen-bond acceptors (Lipinski definition) is 1. The first-order valence-corrected chi connectivity index (χ1v) is 5.42. The van der Waals surface area contributed by atoms with Gasteiger partial charge in [-0.15, -0.1) is 0 Å². The minimum Gasteiger partial charge on any atom is -0.330 e. The molecule has 1 nitrogen and oxygen atoms in total. The van der Waals surface area contributed by atoms with Crippen LogP contribution >= 0.6 is 0 Å². The molecule has 0 unspecified atom stereocenters. The van der Waals surface area contributed by atoms with Crippen LogP contribution in [0.2, 0.25) is 0 Å². The molecule has 0 saturated carbocycles. The molecule has 0 atom stereocenters. The lowest BCUT2D eigenvalue weighted by atomic mass is 9.96. The van der Waals surface area contributed by atoms with Crippen molar-refractivity contribution in [3.05, 3.63) is 34.4 Å². The van der Waals surface area contributed by atoms with Crippen LogP contribution in [-0.2, 0) is 6.42 Å². The molecule has 0 bridgehead atoms. The average molecular weight is 191 g/mol. The third-order valence-electron chi connectivity index (χ3n) is 3.07. The van der Waals surface area contributed by atoms with Gasteiger partial charge in [-0.2, -0.15) is 0 Å². The van der Waals surface area contributed by atoms with E-state index < -0.39 is 0 Å². The minimum atomic E-state index is 0.809. The maximum atomic E-state index is 5.48. The van der Waals surface area contributed by atoms with Crippen molar-refractivity contribution in [2.45, 2.75) is 40.0 Å². The summed E-state index contributed by atoms with van der Waals surface area (Å²) in [5.41, 5.74) is 11.3. The topological polar surface area (TPSA) is 26.0 Å². The zero-order chi connectivity index (χ0) is 10.6. The summed E-state index contributed by atoms with van der Waals surface area (Å²) < 4.78 is 0. The second-order valence-corrected chi connectivity index (χ2v) is 4.04. The number of aryl methyl sites for hydroxylation is 2. The Balaban J connectivity index is 2.73. The quantitative estimate of drug-likeness (QED) is 0.728. The lowest BCUT2D eigenvalue weighted by molar-refractivity contribution is 0.741. The van der Waals surface area contributed by atoms with Crippen LogP contribution in [0.3, 0.4) is 0 Å². The van der Waals surface area contributed by atoms with Crippen molar-refractivity contribution in [1.82, 2.24) is 0 Å². The zero-order valence-corrected chi connectivity index (χ0v) is 9.56. The second-order valence-electron chi connectivity index (χ2n) is 4.04. The molecule has 0 saturated heterocycles. The number of hydrogen-bond donors (Lipinski definition) is 1. The molecule has 1 aromatic rings. The summed E-state index contributed by atoms with van der Waals surface area (Å²) in [6, 6.07) is 4.48.